The number of fused-ring (bicyclic) bond motifs is 1. The summed E-state index contributed by atoms with van der Waals surface area (Å²) < 4.78 is 17.6. The van der Waals surface area contributed by atoms with Crippen LogP contribution >= 0.6 is 22.9 Å². The maximum atomic E-state index is 6.48. The number of anilines is 3. The minimum absolute atomic E-state index is 0.0638. The highest BCUT2D eigenvalue weighted by atomic mass is 35.5. The van der Waals surface area contributed by atoms with Crippen molar-refractivity contribution in [2.24, 2.45) is 4.99 Å². The molecule has 0 saturated heterocycles. The summed E-state index contributed by atoms with van der Waals surface area (Å²) in [5, 5.41) is 10.7. The molecule has 11 heteroatoms. The number of ether oxygens (including phenoxy) is 3. The molecular formula is C27H29ClN6O3S. The van der Waals surface area contributed by atoms with Crippen molar-refractivity contribution in [1.82, 2.24) is 15.0 Å². The molecule has 2 aromatic carbocycles. The summed E-state index contributed by atoms with van der Waals surface area (Å²) in [7, 11) is 0. The Morgan fingerprint density at radius 3 is 2.68 bits per heavy atom. The topological polar surface area (TPSA) is 103 Å². The zero-order valence-corrected chi connectivity index (χ0v) is 23.1. The van der Waals surface area contributed by atoms with Crippen molar-refractivity contribution in [3.8, 4) is 5.75 Å². The second-order valence-corrected chi connectivity index (χ2v) is 11.2. The fourth-order valence-electron chi connectivity index (χ4n) is 3.99. The van der Waals surface area contributed by atoms with E-state index in [9.17, 15) is 0 Å². The predicted octanol–water partition coefficient (Wildman–Crippen LogP) is 6.43. The van der Waals surface area contributed by atoms with Crippen molar-refractivity contribution in [3.05, 3.63) is 64.3 Å². The second-order valence-electron chi connectivity index (χ2n) is 9.81. The van der Waals surface area contributed by atoms with Crippen LogP contribution in [0.5, 0.6) is 5.75 Å². The Labute approximate surface area is 230 Å². The van der Waals surface area contributed by atoms with Crippen LogP contribution in [-0.2, 0) is 16.1 Å². The summed E-state index contributed by atoms with van der Waals surface area (Å²) in [6, 6.07) is 11.7. The van der Waals surface area contributed by atoms with Crippen LogP contribution in [0.4, 0.5) is 17.2 Å². The Hall–Kier alpha value is -3.47. The highest BCUT2D eigenvalue weighted by Gasteiger charge is 2.28. The Morgan fingerprint density at radius 1 is 1.11 bits per heavy atom. The highest BCUT2D eigenvalue weighted by molar-refractivity contribution is 7.09. The number of benzene rings is 2. The molecule has 0 saturated carbocycles. The molecular weight excluding hydrogens is 524 g/mol. The number of hydrogen-bond donors (Lipinski definition) is 2. The predicted molar refractivity (Wildman–Crippen MR) is 152 cm³/mol. The molecule has 3 heterocycles. The molecule has 0 bridgehead atoms. The lowest BCUT2D eigenvalue weighted by Gasteiger charge is -2.26. The summed E-state index contributed by atoms with van der Waals surface area (Å²) in [6.45, 7) is 8.95. The molecule has 4 aromatic rings. The smallest absolute Gasteiger partial charge is 0.289 e. The highest BCUT2D eigenvalue weighted by Crippen LogP contribution is 2.32. The molecule has 0 fully saturated rings. The van der Waals surface area contributed by atoms with Crippen molar-refractivity contribution in [2.45, 2.75) is 52.0 Å². The molecule has 9 nitrogen and oxygen atoms in total. The van der Waals surface area contributed by atoms with Crippen molar-refractivity contribution in [2.75, 3.05) is 17.2 Å². The largest absolute Gasteiger partial charge is 0.485 e. The molecule has 2 atom stereocenters. The van der Waals surface area contributed by atoms with Gasteiger partial charge in [0.15, 0.2) is 0 Å². The molecule has 2 N–H and O–H groups in total. The van der Waals surface area contributed by atoms with E-state index < -0.39 is 0 Å². The fourth-order valence-corrected chi connectivity index (χ4v) is 4.75. The van der Waals surface area contributed by atoms with E-state index in [1.165, 1.54) is 17.7 Å². The average Bonchev–Trinajstić information content (AvgIpc) is 3.55. The normalized spacial score (nSPS) is 16.1. The first kappa shape index (κ1) is 26.1. The van der Waals surface area contributed by atoms with E-state index >= 15 is 0 Å². The summed E-state index contributed by atoms with van der Waals surface area (Å²) >= 11 is 8.02. The lowest BCUT2D eigenvalue weighted by Crippen LogP contribution is -2.33. The van der Waals surface area contributed by atoms with Crippen molar-refractivity contribution >= 4 is 57.1 Å². The number of hydrogen-bond acceptors (Lipinski definition) is 10. The monoisotopic (exact) mass is 552 g/mol. The third-order valence-electron chi connectivity index (χ3n) is 5.67. The van der Waals surface area contributed by atoms with E-state index in [0.717, 1.165) is 27.3 Å². The van der Waals surface area contributed by atoms with E-state index in [0.29, 0.717) is 35.8 Å². The van der Waals surface area contributed by atoms with E-state index in [1.807, 2.05) is 63.4 Å². The maximum absolute atomic E-state index is 6.48. The third kappa shape index (κ3) is 6.50. The van der Waals surface area contributed by atoms with Crippen molar-refractivity contribution < 1.29 is 14.2 Å². The molecule has 0 spiro atoms. The first-order valence-corrected chi connectivity index (χ1v) is 13.5. The zero-order valence-electron chi connectivity index (χ0n) is 21.6. The van der Waals surface area contributed by atoms with Crippen LogP contribution in [0.1, 0.15) is 32.7 Å². The van der Waals surface area contributed by atoms with Crippen molar-refractivity contribution in [3.63, 3.8) is 0 Å². The molecule has 0 radical (unpaired) electrons. The van der Waals surface area contributed by atoms with Crippen LogP contribution in [-0.4, -0.2) is 45.3 Å². The van der Waals surface area contributed by atoms with Crippen LogP contribution in [0.3, 0.4) is 0 Å². The molecule has 198 valence electrons. The van der Waals surface area contributed by atoms with Gasteiger partial charge in [-0.15, -0.1) is 11.3 Å². The number of nitrogens with one attached hydrogen (secondary N) is 2. The number of aliphatic imine (C=N–C) groups is 1. The standard InChI is InChI=1S/C27H29ClN6O3S/c1-16(37-27(2,3)4)22-13-36-26(34-22)33-17-5-7-21-19(11-17)25(31-15-30-21)32-18-6-8-23(20(28)12-18)35-14-24-29-9-10-38-24/h5-12,15-16,22H,13-14H2,1-4H3,(H,33,34)(H,30,31,32). The van der Waals surface area contributed by atoms with E-state index in [4.69, 9.17) is 25.8 Å². The Balaban J connectivity index is 1.29. The number of nitrogens with zero attached hydrogens (tertiary/aromatic N) is 4. The Kier molecular flexibility index (Phi) is 7.64. The minimum Gasteiger partial charge on any atom is -0.485 e. The molecule has 1 aliphatic rings. The van der Waals surface area contributed by atoms with Crippen LogP contribution in [0.25, 0.3) is 10.9 Å². The fraction of sp³-hybridized carbons (Fsp3) is 0.333. The molecule has 5 rings (SSSR count). The van der Waals surface area contributed by atoms with Gasteiger partial charge in [-0.1, -0.05) is 11.6 Å². The molecule has 2 unspecified atom stereocenters. The lowest BCUT2D eigenvalue weighted by molar-refractivity contribution is -0.0628. The molecule has 0 amide bonds. The molecule has 1 aliphatic heterocycles. The summed E-state index contributed by atoms with van der Waals surface area (Å²) in [6.07, 6.45) is 3.21. The average molecular weight is 553 g/mol. The van der Waals surface area contributed by atoms with E-state index in [1.54, 1.807) is 12.3 Å². The maximum Gasteiger partial charge on any atom is 0.289 e. The van der Waals surface area contributed by atoms with Crippen LogP contribution in [0.2, 0.25) is 5.02 Å². The number of halogens is 1. The number of rotatable bonds is 8. The van der Waals surface area contributed by atoms with Crippen LogP contribution < -0.4 is 15.4 Å². The quantitative estimate of drug-likeness (QED) is 0.258. The van der Waals surface area contributed by atoms with Crippen LogP contribution in [0.15, 0.2) is 59.3 Å². The zero-order chi connectivity index (χ0) is 26.7. The summed E-state index contributed by atoms with van der Waals surface area (Å²) in [4.78, 5) is 17.7. The van der Waals surface area contributed by atoms with Gasteiger partial charge in [-0.2, -0.15) is 0 Å². The first-order chi connectivity index (χ1) is 18.2. The van der Waals surface area contributed by atoms with Gasteiger partial charge in [0.05, 0.1) is 22.2 Å². The SMILES string of the molecule is CC(OC(C)(C)C)C1COC(Nc2ccc3ncnc(Nc4ccc(OCc5nccs5)c(Cl)c4)c3c2)=N1. The number of amidine groups is 1. The van der Waals surface area contributed by atoms with Gasteiger partial charge in [-0.3, -0.25) is 0 Å². The molecule has 38 heavy (non-hydrogen) atoms. The third-order valence-corrected chi connectivity index (χ3v) is 6.72. The minimum atomic E-state index is -0.244. The van der Waals surface area contributed by atoms with Gasteiger partial charge in [0.1, 0.15) is 42.2 Å². The first-order valence-electron chi connectivity index (χ1n) is 12.2. The van der Waals surface area contributed by atoms with Gasteiger partial charge >= 0.3 is 0 Å². The molecule has 2 aromatic heterocycles. The van der Waals surface area contributed by atoms with Gasteiger partial charge in [0.2, 0.25) is 0 Å². The number of aromatic nitrogens is 3. The Bertz CT molecular complexity index is 1440. The second kappa shape index (κ2) is 11.1. The van der Waals surface area contributed by atoms with E-state index in [-0.39, 0.29) is 17.7 Å². The van der Waals surface area contributed by atoms with Gasteiger partial charge < -0.3 is 24.8 Å². The molecule has 0 aliphatic carbocycles. The van der Waals surface area contributed by atoms with E-state index in [2.05, 4.69) is 30.6 Å². The van der Waals surface area contributed by atoms with Gasteiger partial charge in [-0.25, -0.2) is 19.9 Å². The summed E-state index contributed by atoms with van der Waals surface area (Å²) in [5.74, 6) is 1.23. The number of thiazole rings is 1. The van der Waals surface area contributed by atoms with Crippen molar-refractivity contribution in [1.29, 1.82) is 0 Å². The van der Waals surface area contributed by atoms with Crippen LogP contribution in [0, 0.1) is 0 Å². The van der Waals surface area contributed by atoms with Gasteiger partial charge in [0.25, 0.3) is 6.02 Å². The Morgan fingerprint density at radius 2 is 1.92 bits per heavy atom. The van der Waals surface area contributed by atoms with Gasteiger partial charge in [0, 0.05) is 28.3 Å². The van der Waals surface area contributed by atoms with Gasteiger partial charge in [-0.05, 0) is 64.1 Å². The lowest BCUT2D eigenvalue weighted by atomic mass is 10.1. The summed E-state index contributed by atoms with van der Waals surface area (Å²) in [5.41, 5.74) is 2.13.